The summed E-state index contributed by atoms with van der Waals surface area (Å²) in [6, 6.07) is 4.93. The number of ether oxygens (including phenoxy) is 1. The van der Waals surface area contributed by atoms with Crippen LogP contribution in [0, 0.1) is 0 Å². The summed E-state index contributed by atoms with van der Waals surface area (Å²) in [5, 5.41) is 0. The molecule has 1 aromatic rings. The fourth-order valence-corrected chi connectivity index (χ4v) is 2.53. The minimum atomic E-state index is -4.85. The molecule has 0 heterocycles. The van der Waals surface area contributed by atoms with Crippen molar-refractivity contribution < 1.29 is 31.1 Å². The van der Waals surface area contributed by atoms with E-state index >= 15 is 0 Å². The van der Waals surface area contributed by atoms with E-state index in [9.17, 15) is 26.3 Å². The molecule has 0 aliphatic heterocycles. The van der Waals surface area contributed by atoms with Crippen LogP contribution in [0.1, 0.15) is 37.8 Å². The Labute approximate surface area is 142 Å². The maximum atomic E-state index is 14.2. The molecule has 0 unspecified atom stereocenters. The predicted octanol–water partition coefficient (Wildman–Crippen LogP) is 6.21. The van der Waals surface area contributed by atoms with Gasteiger partial charge in [0.05, 0.1) is 5.56 Å². The molecule has 0 spiro atoms. The fourth-order valence-electron chi connectivity index (χ4n) is 2.53. The van der Waals surface area contributed by atoms with Crippen molar-refractivity contribution >= 4 is 0 Å². The molecule has 1 nitrogen and oxygen atoms in total. The third-order valence-electron chi connectivity index (χ3n) is 3.99. The maximum Gasteiger partial charge on any atom is 0.426 e. The Morgan fingerprint density at radius 1 is 0.920 bits per heavy atom. The zero-order valence-corrected chi connectivity index (χ0v) is 13.8. The SMILES string of the molecule is CCCc1ccc(C(F)(F)OC2=CC=C(CC)C(F)(F)C2(F)F)cc1. The topological polar surface area (TPSA) is 9.23 Å². The molecule has 0 fully saturated rings. The number of hydrogen-bond donors (Lipinski definition) is 0. The van der Waals surface area contributed by atoms with Crippen molar-refractivity contribution in [2.75, 3.05) is 0 Å². The van der Waals surface area contributed by atoms with Crippen molar-refractivity contribution in [3.8, 4) is 0 Å². The van der Waals surface area contributed by atoms with Crippen LogP contribution in [0.2, 0.25) is 0 Å². The Hall–Kier alpha value is -1.92. The second kappa shape index (κ2) is 6.77. The van der Waals surface area contributed by atoms with Gasteiger partial charge in [-0.05, 0) is 36.6 Å². The Morgan fingerprint density at radius 2 is 1.52 bits per heavy atom. The molecule has 138 valence electrons. The maximum absolute atomic E-state index is 14.2. The zero-order chi connectivity index (χ0) is 18.9. The van der Waals surface area contributed by atoms with Gasteiger partial charge in [0.2, 0.25) is 0 Å². The first-order valence-electron chi connectivity index (χ1n) is 7.90. The normalized spacial score (nSPS) is 19.2. The molecule has 25 heavy (non-hydrogen) atoms. The lowest BCUT2D eigenvalue weighted by Crippen LogP contribution is -2.46. The van der Waals surface area contributed by atoms with E-state index < -0.39 is 34.8 Å². The van der Waals surface area contributed by atoms with Gasteiger partial charge in [-0.25, -0.2) is 0 Å². The molecule has 1 aliphatic rings. The second-order valence-corrected chi connectivity index (χ2v) is 5.79. The molecule has 1 aliphatic carbocycles. The van der Waals surface area contributed by atoms with E-state index in [1.165, 1.54) is 19.1 Å². The van der Waals surface area contributed by atoms with Crippen LogP contribution in [-0.2, 0) is 17.3 Å². The number of alkyl halides is 6. The molecule has 1 aromatic carbocycles. The average Bonchev–Trinajstić information content (AvgIpc) is 2.53. The first-order valence-corrected chi connectivity index (χ1v) is 7.90. The summed E-state index contributed by atoms with van der Waals surface area (Å²) in [6.45, 7) is 3.20. The van der Waals surface area contributed by atoms with Crippen LogP contribution >= 0.6 is 0 Å². The summed E-state index contributed by atoms with van der Waals surface area (Å²) in [7, 11) is 0. The van der Waals surface area contributed by atoms with E-state index in [1.54, 1.807) is 0 Å². The summed E-state index contributed by atoms with van der Waals surface area (Å²) in [6.07, 6.45) is -1.82. The Morgan fingerprint density at radius 3 is 2.04 bits per heavy atom. The minimum absolute atomic E-state index is 0.332. The van der Waals surface area contributed by atoms with Crippen molar-refractivity contribution in [3.05, 3.63) is 58.9 Å². The summed E-state index contributed by atoms with van der Waals surface area (Å²) in [5.41, 5.74) is -0.721. The van der Waals surface area contributed by atoms with Crippen molar-refractivity contribution in [2.24, 2.45) is 0 Å². The number of allylic oxidation sites excluding steroid dienone is 4. The third-order valence-corrected chi connectivity index (χ3v) is 3.99. The van der Waals surface area contributed by atoms with Gasteiger partial charge < -0.3 is 4.74 Å². The second-order valence-electron chi connectivity index (χ2n) is 5.79. The van der Waals surface area contributed by atoms with E-state index in [0.29, 0.717) is 18.6 Å². The largest absolute Gasteiger partial charge is 0.427 e. The van der Waals surface area contributed by atoms with Crippen LogP contribution in [0.4, 0.5) is 26.3 Å². The van der Waals surface area contributed by atoms with Gasteiger partial charge in [0.25, 0.3) is 0 Å². The third kappa shape index (κ3) is 3.55. The molecular weight excluding hydrogens is 346 g/mol. The molecule has 0 bridgehead atoms. The summed E-state index contributed by atoms with van der Waals surface area (Å²) >= 11 is 0. The highest BCUT2D eigenvalue weighted by molar-refractivity contribution is 5.35. The lowest BCUT2D eigenvalue weighted by Gasteiger charge is -2.33. The smallest absolute Gasteiger partial charge is 0.426 e. The number of benzene rings is 1. The van der Waals surface area contributed by atoms with E-state index in [2.05, 4.69) is 4.74 Å². The zero-order valence-electron chi connectivity index (χ0n) is 13.8. The van der Waals surface area contributed by atoms with Crippen molar-refractivity contribution in [3.63, 3.8) is 0 Å². The molecule has 0 amide bonds. The Bertz CT molecular complexity index is 673. The van der Waals surface area contributed by atoms with Gasteiger partial charge in [-0.3, -0.25) is 0 Å². The van der Waals surface area contributed by atoms with Crippen LogP contribution in [0.5, 0.6) is 0 Å². The van der Waals surface area contributed by atoms with Crippen LogP contribution in [-0.4, -0.2) is 11.8 Å². The molecule has 0 N–H and O–H groups in total. The summed E-state index contributed by atoms with van der Waals surface area (Å²) < 4.78 is 88.0. The highest BCUT2D eigenvalue weighted by Gasteiger charge is 2.64. The van der Waals surface area contributed by atoms with Crippen LogP contribution in [0.3, 0.4) is 0 Å². The number of hydrogen-bond acceptors (Lipinski definition) is 1. The number of halogens is 6. The molecular formula is C18H18F6O. The molecule has 0 aromatic heterocycles. The molecule has 7 heteroatoms. The monoisotopic (exact) mass is 364 g/mol. The lowest BCUT2D eigenvalue weighted by molar-refractivity contribution is -0.267. The Kier molecular flexibility index (Phi) is 5.25. The quantitative estimate of drug-likeness (QED) is 0.545. The first-order chi connectivity index (χ1) is 11.6. The molecule has 0 radical (unpaired) electrons. The van der Waals surface area contributed by atoms with Crippen molar-refractivity contribution in [2.45, 2.75) is 51.1 Å². The van der Waals surface area contributed by atoms with Gasteiger partial charge >= 0.3 is 18.0 Å². The van der Waals surface area contributed by atoms with Gasteiger partial charge in [-0.1, -0.05) is 38.5 Å². The van der Waals surface area contributed by atoms with E-state index in [-0.39, 0.29) is 6.42 Å². The molecule has 0 saturated carbocycles. The van der Waals surface area contributed by atoms with Crippen molar-refractivity contribution in [1.82, 2.24) is 0 Å². The molecule has 0 atom stereocenters. The van der Waals surface area contributed by atoms with Gasteiger partial charge in [-0.15, -0.1) is 0 Å². The van der Waals surface area contributed by atoms with E-state index in [0.717, 1.165) is 24.1 Å². The number of rotatable bonds is 6. The summed E-state index contributed by atoms with van der Waals surface area (Å²) in [4.78, 5) is 0. The lowest BCUT2D eigenvalue weighted by atomic mass is 9.93. The van der Waals surface area contributed by atoms with Crippen LogP contribution in [0.25, 0.3) is 0 Å². The summed E-state index contributed by atoms with van der Waals surface area (Å²) in [5.74, 6) is -11.2. The predicted molar refractivity (Wildman–Crippen MR) is 81.8 cm³/mol. The van der Waals surface area contributed by atoms with Crippen LogP contribution in [0.15, 0.2) is 47.7 Å². The van der Waals surface area contributed by atoms with Crippen molar-refractivity contribution in [1.29, 1.82) is 0 Å². The van der Waals surface area contributed by atoms with Gasteiger partial charge in [0.15, 0.2) is 5.76 Å². The highest BCUT2D eigenvalue weighted by Crippen LogP contribution is 2.50. The average molecular weight is 364 g/mol. The fraction of sp³-hybridized carbons (Fsp3) is 0.444. The standard InChI is InChI=1S/C18H18F6O/c1-3-5-12-6-8-14(9-7-12)18(23,24)25-15-11-10-13(4-2)16(19,20)17(15,21)22/h6-11H,3-5H2,1-2H3. The van der Waals surface area contributed by atoms with Crippen LogP contribution < -0.4 is 0 Å². The Balaban J connectivity index is 2.30. The van der Waals surface area contributed by atoms with Gasteiger partial charge in [0.1, 0.15) is 0 Å². The highest BCUT2D eigenvalue weighted by atomic mass is 19.3. The molecule has 2 rings (SSSR count). The van der Waals surface area contributed by atoms with E-state index in [1.807, 2.05) is 6.92 Å². The first kappa shape index (κ1) is 19.4. The number of aryl methyl sites for hydroxylation is 1. The van der Waals surface area contributed by atoms with Gasteiger partial charge in [0, 0.05) is 5.57 Å². The minimum Gasteiger partial charge on any atom is -0.427 e. The molecule has 0 saturated heterocycles. The van der Waals surface area contributed by atoms with Gasteiger partial charge in [-0.2, -0.15) is 26.3 Å². The van der Waals surface area contributed by atoms with E-state index in [4.69, 9.17) is 0 Å².